The molecule has 0 saturated heterocycles. The van der Waals surface area contributed by atoms with Crippen LogP contribution in [0.2, 0.25) is 0 Å². The predicted molar refractivity (Wildman–Crippen MR) is 119 cm³/mol. The largest absolute Gasteiger partial charge is 0.459 e. The van der Waals surface area contributed by atoms with Gasteiger partial charge in [0.1, 0.15) is 6.04 Å². The number of furan rings is 1. The summed E-state index contributed by atoms with van der Waals surface area (Å²) in [6.45, 7) is 2.04. The fourth-order valence-corrected chi connectivity index (χ4v) is 4.24. The van der Waals surface area contributed by atoms with E-state index in [1.807, 2.05) is 31.2 Å². The van der Waals surface area contributed by atoms with Gasteiger partial charge in [-0.3, -0.25) is 19.5 Å². The Hall–Kier alpha value is -3.41. The lowest BCUT2D eigenvalue weighted by atomic mass is 10.0. The predicted octanol–water partition coefficient (Wildman–Crippen LogP) is 4.68. The first-order valence-corrected chi connectivity index (χ1v) is 10.8. The van der Waals surface area contributed by atoms with Gasteiger partial charge in [0.25, 0.3) is 5.91 Å². The number of rotatable bonds is 7. The van der Waals surface area contributed by atoms with Crippen LogP contribution in [0.25, 0.3) is 0 Å². The number of amides is 2. The second-order valence-electron chi connectivity index (χ2n) is 7.81. The molecule has 0 aliphatic heterocycles. The highest BCUT2D eigenvalue weighted by molar-refractivity contribution is 6.09. The van der Waals surface area contributed by atoms with E-state index in [-0.39, 0.29) is 23.6 Å². The third kappa shape index (κ3) is 4.53. The fraction of sp³-hybridized carbons (Fsp3) is 0.320. The van der Waals surface area contributed by atoms with Crippen molar-refractivity contribution in [3.63, 3.8) is 0 Å². The van der Waals surface area contributed by atoms with Gasteiger partial charge >= 0.3 is 0 Å². The molecule has 0 bridgehead atoms. The summed E-state index contributed by atoms with van der Waals surface area (Å²) in [7, 11) is 0. The van der Waals surface area contributed by atoms with Crippen molar-refractivity contribution in [1.29, 1.82) is 0 Å². The van der Waals surface area contributed by atoms with Crippen LogP contribution in [0.4, 0.5) is 5.69 Å². The van der Waals surface area contributed by atoms with Crippen LogP contribution < -0.4 is 10.2 Å². The highest BCUT2D eigenvalue weighted by atomic mass is 16.3. The maximum absolute atomic E-state index is 13.7. The number of hydrogen-bond donors (Lipinski definition) is 1. The maximum Gasteiger partial charge on any atom is 0.294 e. The van der Waals surface area contributed by atoms with Crippen molar-refractivity contribution in [3.05, 3.63) is 84.1 Å². The van der Waals surface area contributed by atoms with Crippen LogP contribution in [0.1, 0.15) is 60.3 Å². The molecule has 6 nitrogen and oxygen atoms in total. The summed E-state index contributed by atoms with van der Waals surface area (Å²) in [5.74, 6) is -0.350. The molecular formula is C25H27N3O3. The number of hydrogen-bond acceptors (Lipinski definition) is 4. The Morgan fingerprint density at radius 2 is 1.84 bits per heavy atom. The van der Waals surface area contributed by atoms with Crippen LogP contribution in [-0.4, -0.2) is 22.8 Å². The van der Waals surface area contributed by atoms with E-state index >= 15 is 0 Å². The molecular weight excluding hydrogens is 390 g/mol. The smallest absolute Gasteiger partial charge is 0.294 e. The van der Waals surface area contributed by atoms with Gasteiger partial charge in [0.2, 0.25) is 5.91 Å². The summed E-state index contributed by atoms with van der Waals surface area (Å²) >= 11 is 0. The van der Waals surface area contributed by atoms with Gasteiger partial charge in [-0.15, -0.1) is 0 Å². The molecule has 0 spiro atoms. The minimum atomic E-state index is -0.839. The van der Waals surface area contributed by atoms with Crippen LogP contribution in [0.5, 0.6) is 0 Å². The average molecular weight is 418 g/mol. The van der Waals surface area contributed by atoms with E-state index < -0.39 is 6.04 Å². The van der Waals surface area contributed by atoms with Crippen molar-refractivity contribution in [1.82, 2.24) is 10.3 Å². The molecule has 2 aromatic heterocycles. The molecule has 1 saturated carbocycles. The van der Waals surface area contributed by atoms with Crippen molar-refractivity contribution in [3.8, 4) is 0 Å². The Kier molecular flexibility index (Phi) is 6.46. The molecule has 2 heterocycles. The number of aryl methyl sites for hydroxylation is 1. The zero-order valence-electron chi connectivity index (χ0n) is 17.7. The average Bonchev–Trinajstić information content (AvgIpc) is 3.52. The van der Waals surface area contributed by atoms with Gasteiger partial charge < -0.3 is 9.73 Å². The van der Waals surface area contributed by atoms with Crippen LogP contribution >= 0.6 is 0 Å². The van der Waals surface area contributed by atoms with Crippen molar-refractivity contribution in [2.75, 3.05) is 4.90 Å². The van der Waals surface area contributed by atoms with Gasteiger partial charge in [-0.2, -0.15) is 0 Å². The van der Waals surface area contributed by atoms with Crippen molar-refractivity contribution < 1.29 is 14.0 Å². The Bertz CT molecular complexity index is 1010. The highest BCUT2D eigenvalue weighted by Crippen LogP contribution is 2.33. The number of aromatic nitrogens is 1. The van der Waals surface area contributed by atoms with Crippen LogP contribution in [0.15, 0.2) is 71.6 Å². The monoisotopic (exact) mass is 417 g/mol. The van der Waals surface area contributed by atoms with E-state index in [4.69, 9.17) is 4.42 Å². The first-order valence-electron chi connectivity index (χ1n) is 10.8. The molecule has 1 N–H and O–H groups in total. The summed E-state index contributed by atoms with van der Waals surface area (Å²) in [4.78, 5) is 33.0. The van der Waals surface area contributed by atoms with Gasteiger partial charge in [-0.05, 0) is 60.7 Å². The number of anilines is 1. The maximum atomic E-state index is 13.7. The van der Waals surface area contributed by atoms with Crippen LogP contribution in [-0.2, 0) is 11.2 Å². The lowest BCUT2D eigenvalue weighted by molar-refractivity contribution is -0.123. The summed E-state index contributed by atoms with van der Waals surface area (Å²) in [6.07, 6.45) is 9.64. The third-order valence-corrected chi connectivity index (χ3v) is 5.81. The molecule has 3 aromatic rings. The molecule has 1 fully saturated rings. The standard InChI is InChI=1S/C25H27N3O3/c1-2-18-8-3-6-11-21(18)28(25(30)22-12-7-17-31-22)23(19-13-15-26-16-14-19)24(29)27-20-9-4-5-10-20/h3,6-8,11-17,20,23H,2,4-5,9-10H2,1H3,(H,27,29). The summed E-state index contributed by atoms with van der Waals surface area (Å²) in [6, 6.07) is 13.9. The van der Waals surface area contributed by atoms with Gasteiger partial charge in [0.15, 0.2) is 5.76 Å². The summed E-state index contributed by atoms with van der Waals surface area (Å²) < 4.78 is 5.44. The van der Waals surface area contributed by atoms with Crippen LogP contribution in [0.3, 0.4) is 0 Å². The zero-order chi connectivity index (χ0) is 21.6. The van der Waals surface area contributed by atoms with Gasteiger partial charge in [0, 0.05) is 24.1 Å². The Morgan fingerprint density at radius 3 is 2.52 bits per heavy atom. The lowest BCUT2D eigenvalue weighted by Crippen LogP contribution is -2.46. The molecule has 1 aliphatic carbocycles. The molecule has 160 valence electrons. The van der Waals surface area contributed by atoms with Gasteiger partial charge in [0.05, 0.1) is 6.26 Å². The van der Waals surface area contributed by atoms with Gasteiger partial charge in [-0.1, -0.05) is 38.0 Å². The number of para-hydroxylation sites is 1. The first-order chi connectivity index (χ1) is 15.2. The third-order valence-electron chi connectivity index (χ3n) is 5.81. The quantitative estimate of drug-likeness (QED) is 0.605. The summed E-state index contributed by atoms with van der Waals surface area (Å²) in [5.41, 5.74) is 2.39. The molecule has 1 atom stereocenters. The van der Waals surface area contributed by atoms with E-state index in [2.05, 4.69) is 10.3 Å². The lowest BCUT2D eigenvalue weighted by Gasteiger charge is -2.33. The first kappa shape index (κ1) is 20.8. The van der Waals surface area contributed by atoms with E-state index in [9.17, 15) is 9.59 Å². The second-order valence-corrected chi connectivity index (χ2v) is 7.81. The number of pyridine rings is 1. The Labute approximate surface area is 182 Å². The molecule has 1 aromatic carbocycles. The molecule has 4 rings (SSSR count). The van der Waals surface area contributed by atoms with Crippen molar-refractivity contribution >= 4 is 17.5 Å². The highest BCUT2D eigenvalue weighted by Gasteiger charge is 2.36. The fourth-order valence-electron chi connectivity index (χ4n) is 4.24. The normalized spacial score (nSPS) is 14.9. The Morgan fingerprint density at radius 1 is 1.10 bits per heavy atom. The van der Waals surface area contributed by atoms with E-state index in [0.717, 1.165) is 37.7 Å². The summed E-state index contributed by atoms with van der Waals surface area (Å²) in [5, 5.41) is 3.18. The second kappa shape index (κ2) is 9.60. The van der Waals surface area contributed by atoms with Crippen LogP contribution in [0, 0.1) is 0 Å². The number of nitrogens with one attached hydrogen (secondary N) is 1. The molecule has 1 unspecified atom stereocenters. The Balaban J connectivity index is 1.82. The minimum absolute atomic E-state index is 0.138. The molecule has 6 heteroatoms. The SMILES string of the molecule is CCc1ccccc1N(C(=O)c1ccco1)C(C(=O)NC1CCCC1)c1ccncc1. The molecule has 2 amide bonds. The molecule has 31 heavy (non-hydrogen) atoms. The number of carbonyl (C=O) groups excluding carboxylic acids is 2. The number of nitrogens with zero attached hydrogens (tertiary/aromatic N) is 2. The topological polar surface area (TPSA) is 75.4 Å². The van der Waals surface area contributed by atoms with Crippen molar-refractivity contribution in [2.45, 2.75) is 51.1 Å². The number of benzene rings is 1. The zero-order valence-corrected chi connectivity index (χ0v) is 17.7. The molecule has 1 aliphatic rings. The van der Waals surface area contributed by atoms with Crippen molar-refractivity contribution in [2.24, 2.45) is 0 Å². The molecule has 0 radical (unpaired) electrons. The minimum Gasteiger partial charge on any atom is -0.459 e. The van der Waals surface area contributed by atoms with E-state index in [1.165, 1.54) is 6.26 Å². The van der Waals surface area contributed by atoms with E-state index in [0.29, 0.717) is 11.3 Å². The van der Waals surface area contributed by atoms with E-state index in [1.54, 1.807) is 41.6 Å². The number of carbonyl (C=O) groups is 2. The van der Waals surface area contributed by atoms with Gasteiger partial charge in [-0.25, -0.2) is 0 Å².